The van der Waals surface area contributed by atoms with Crippen LogP contribution in [-0.2, 0) is 0 Å². The van der Waals surface area contributed by atoms with E-state index in [1.807, 2.05) is 32.0 Å². The molecular weight excluding hydrogens is 346 g/mol. The highest BCUT2D eigenvalue weighted by molar-refractivity contribution is 5.93. The Balaban J connectivity index is 1.47. The van der Waals surface area contributed by atoms with E-state index in [2.05, 4.69) is 30.9 Å². The molecular formula is C18H21N7O2. The zero-order valence-electron chi connectivity index (χ0n) is 15.4. The van der Waals surface area contributed by atoms with Gasteiger partial charge in [0.15, 0.2) is 5.82 Å². The van der Waals surface area contributed by atoms with Crippen molar-refractivity contribution < 1.29 is 9.53 Å². The lowest BCUT2D eigenvalue weighted by atomic mass is 10.2. The summed E-state index contributed by atoms with van der Waals surface area (Å²) < 4.78 is 6.71. The Morgan fingerprint density at radius 2 is 2.00 bits per heavy atom. The third kappa shape index (κ3) is 4.57. The van der Waals surface area contributed by atoms with E-state index in [1.165, 1.54) is 13.3 Å². The fourth-order valence-electron chi connectivity index (χ4n) is 2.50. The summed E-state index contributed by atoms with van der Waals surface area (Å²) in [4.78, 5) is 16.0. The number of carbonyl (C=O) groups excluding carboxylic acids is 1. The lowest BCUT2D eigenvalue weighted by Crippen LogP contribution is -2.29. The molecule has 1 amide bonds. The first kappa shape index (κ1) is 18.3. The van der Waals surface area contributed by atoms with Gasteiger partial charge in [-0.2, -0.15) is 5.10 Å². The highest BCUT2D eigenvalue weighted by Crippen LogP contribution is 2.10. The Bertz CT molecular complexity index is 904. The van der Waals surface area contributed by atoms with Crippen LogP contribution in [0.3, 0.4) is 0 Å². The van der Waals surface area contributed by atoms with Gasteiger partial charge in [0.2, 0.25) is 5.88 Å². The van der Waals surface area contributed by atoms with Crippen LogP contribution in [0.25, 0.3) is 5.82 Å². The zero-order valence-corrected chi connectivity index (χ0v) is 15.4. The molecule has 9 heteroatoms. The van der Waals surface area contributed by atoms with Crippen molar-refractivity contribution in [3.05, 3.63) is 53.5 Å². The van der Waals surface area contributed by atoms with Crippen molar-refractivity contribution in [3.8, 4) is 11.7 Å². The van der Waals surface area contributed by atoms with Crippen molar-refractivity contribution in [2.45, 2.75) is 13.8 Å². The molecule has 27 heavy (non-hydrogen) atoms. The number of nitrogens with zero attached hydrogens (tertiary/aromatic N) is 5. The van der Waals surface area contributed by atoms with Gasteiger partial charge in [-0.05, 0) is 38.1 Å². The maximum Gasteiger partial charge on any atom is 0.252 e. The van der Waals surface area contributed by atoms with E-state index in [0.717, 1.165) is 11.4 Å². The molecule has 0 aliphatic rings. The number of nitrogens with one attached hydrogen (secondary N) is 2. The molecule has 0 aliphatic carbocycles. The van der Waals surface area contributed by atoms with Crippen LogP contribution in [0.4, 0.5) is 5.82 Å². The molecule has 2 N–H and O–H groups in total. The monoisotopic (exact) mass is 367 g/mol. The average molecular weight is 367 g/mol. The summed E-state index contributed by atoms with van der Waals surface area (Å²) >= 11 is 0. The molecule has 0 spiro atoms. The molecule has 0 aliphatic heterocycles. The number of methoxy groups -OCH3 is 1. The second kappa shape index (κ2) is 8.26. The Labute approximate surface area is 156 Å². The van der Waals surface area contributed by atoms with E-state index in [-0.39, 0.29) is 5.91 Å². The average Bonchev–Trinajstić information content (AvgIpc) is 3.03. The number of pyridine rings is 1. The van der Waals surface area contributed by atoms with Crippen LogP contribution in [0.15, 0.2) is 36.5 Å². The quantitative estimate of drug-likeness (QED) is 0.610. The maximum atomic E-state index is 12.0. The second-order valence-electron chi connectivity index (χ2n) is 5.89. The molecule has 0 saturated heterocycles. The summed E-state index contributed by atoms with van der Waals surface area (Å²) in [5, 5.41) is 18.6. The number of amides is 1. The minimum atomic E-state index is -0.196. The highest BCUT2D eigenvalue weighted by Gasteiger charge is 2.07. The van der Waals surface area contributed by atoms with Gasteiger partial charge in [-0.3, -0.25) is 4.79 Å². The molecule has 3 aromatic rings. The minimum absolute atomic E-state index is 0.196. The normalized spacial score (nSPS) is 10.5. The number of aryl methyl sites for hydroxylation is 2. The van der Waals surface area contributed by atoms with Crippen molar-refractivity contribution in [1.29, 1.82) is 0 Å². The van der Waals surface area contributed by atoms with Crippen LogP contribution >= 0.6 is 0 Å². The van der Waals surface area contributed by atoms with Crippen molar-refractivity contribution >= 4 is 11.7 Å². The van der Waals surface area contributed by atoms with Gasteiger partial charge in [-0.1, -0.05) is 0 Å². The van der Waals surface area contributed by atoms with E-state index in [4.69, 9.17) is 4.74 Å². The largest absolute Gasteiger partial charge is 0.481 e. The van der Waals surface area contributed by atoms with Crippen LogP contribution < -0.4 is 15.4 Å². The maximum absolute atomic E-state index is 12.0. The van der Waals surface area contributed by atoms with Gasteiger partial charge in [0, 0.05) is 31.0 Å². The number of anilines is 1. The lowest BCUT2D eigenvalue weighted by molar-refractivity contribution is 0.0954. The predicted octanol–water partition coefficient (Wildman–Crippen LogP) is 1.52. The highest BCUT2D eigenvalue weighted by atomic mass is 16.5. The summed E-state index contributed by atoms with van der Waals surface area (Å²) in [6.45, 7) is 4.85. The van der Waals surface area contributed by atoms with Gasteiger partial charge in [-0.15, -0.1) is 10.2 Å². The van der Waals surface area contributed by atoms with Crippen molar-refractivity contribution in [1.82, 2.24) is 30.3 Å². The van der Waals surface area contributed by atoms with Crippen LogP contribution in [0.1, 0.15) is 21.7 Å². The predicted molar refractivity (Wildman–Crippen MR) is 100 cm³/mol. The zero-order chi connectivity index (χ0) is 19.2. The SMILES string of the molecule is COc1ccc(C(=O)NCCNc2ccc(-n3nc(C)cc3C)nn2)cn1. The standard InChI is InChI=1S/C18H21N7O2/c1-12-10-13(2)25(24-12)16-6-5-15(22-23-16)19-8-9-20-18(26)14-4-7-17(27-3)21-11-14/h4-7,10-11H,8-9H2,1-3H3,(H,19,22)(H,20,26). The molecule has 3 aromatic heterocycles. The van der Waals surface area contributed by atoms with Crippen molar-refractivity contribution in [2.75, 3.05) is 25.5 Å². The Hall–Kier alpha value is -3.49. The Morgan fingerprint density at radius 3 is 2.59 bits per heavy atom. The summed E-state index contributed by atoms with van der Waals surface area (Å²) in [5.41, 5.74) is 2.40. The van der Waals surface area contributed by atoms with Gasteiger partial charge in [0.25, 0.3) is 5.91 Å². The summed E-state index contributed by atoms with van der Waals surface area (Å²) in [7, 11) is 1.53. The molecule has 3 rings (SSSR count). The molecule has 0 atom stereocenters. The van der Waals surface area contributed by atoms with Crippen LogP contribution in [0, 0.1) is 13.8 Å². The number of ether oxygens (including phenoxy) is 1. The smallest absolute Gasteiger partial charge is 0.252 e. The first-order chi connectivity index (χ1) is 13.1. The number of hydrogen-bond donors (Lipinski definition) is 2. The number of carbonyl (C=O) groups is 1. The molecule has 140 valence electrons. The van der Waals surface area contributed by atoms with E-state index < -0.39 is 0 Å². The van der Waals surface area contributed by atoms with E-state index in [1.54, 1.807) is 16.8 Å². The minimum Gasteiger partial charge on any atom is -0.481 e. The first-order valence-corrected chi connectivity index (χ1v) is 8.46. The topological polar surface area (TPSA) is 107 Å². The first-order valence-electron chi connectivity index (χ1n) is 8.46. The van der Waals surface area contributed by atoms with Crippen LogP contribution in [0.2, 0.25) is 0 Å². The third-order valence-electron chi connectivity index (χ3n) is 3.80. The van der Waals surface area contributed by atoms with Crippen molar-refractivity contribution in [3.63, 3.8) is 0 Å². The number of hydrogen-bond acceptors (Lipinski definition) is 7. The summed E-state index contributed by atoms with van der Waals surface area (Å²) in [6.07, 6.45) is 1.48. The molecule has 0 saturated carbocycles. The fraction of sp³-hybridized carbons (Fsp3) is 0.278. The number of rotatable bonds is 7. The van der Waals surface area contributed by atoms with Gasteiger partial charge >= 0.3 is 0 Å². The van der Waals surface area contributed by atoms with Gasteiger partial charge < -0.3 is 15.4 Å². The van der Waals surface area contributed by atoms with Gasteiger partial charge in [0.05, 0.1) is 18.4 Å². The van der Waals surface area contributed by atoms with E-state index in [0.29, 0.717) is 36.2 Å². The molecule has 0 bridgehead atoms. The molecule has 0 fully saturated rings. The Kier molecular flexibility index (Phi) is 5.60. The summed E-state index contributed by atoms with van der Waals surface area (Å²) in [5.74, 6) is 1.56. The number of aromatic nitrogens is 5. The van der Waals surface area contributed by atoms with Crippen molar-refractivity contribution in [2.24, 2.45) is 0 Å². The Morgan fingerprint density at radius 1 is 1.15 bits per heavy atom. The third-order valence-corrected chi connectivity index (χ3v) is 3.80. The molecule has 0 aromatic carbocycles. The van der Waals surface area contributed by atoms with Crippen LogP contribution in [-0.4, -0.2) is 51.1 Å². The molecule has 9 nitrogen and oxygen atoms in total. The van der Waals surface area contributed by atoms with Gasteiger partial charge in [0.1, 0.15) is 5.82 Å². The fourth-order valence-corrected chi connectivity index (χ4v) is 2.50. The second-order valence-corrected chi connectivity index (χ2v) is 5.89. The summed E-state index contributed by atoms with van der Waals surface area (Å²) in [6, 6.07) is 8.96. The van der Waals surface area contributed by atoms with Gasteiger partial charge in [-0.25, -0.2) is 9.67 Å². The van der Waals surface area contributed by atoms with E-state index in [9.17, 15) is 4.79 Å². The van der Waals surface area contributed by atoms with E-state index >= 15 is 0 Å². The lowest BCUT2D eigenvalue weighted by Gasteiger charge is -2.08. The molecule has 0 unspecified atom stereocenters. The molecule has 3 heterocycles. The van der Waals surface area contributed by atoms with Crippen LogP contribution in [0.5, 0.6) is 5.88 Å². The molecule has 0 radical (unpaired) electrons.